The van der Waals surface area contributed by atoms with Gasteiger partial charge in [-0.05, 0) is 67.7 Å². The van der Waals surface area contributed by atoms with Gasteiger partial charge in [0.15, 0.2) is 0 Å². The molecule has 1 fully saturated rings. The van der Waals surface area contributed by atoms with E-state index in [2.05, 4.69) is 9.97 Å². The number of carbonyl (C=O) groups is 1. The van der Waals surface area contributed by atoms with Gasteiger partial charge in [0.05, 0.1) is 12.7 Å². The summed E-state index contributed by atoms with van der Waals surface area (Å²) in [5, 5.41) is 0.728. The average Bonchev–Trinajstić information content (AvgIpc) is 3.21. The van der Waals surface area contributed by atoms with Crippen molar-refractivity contribution in [2.75, 3.05) is 20.2 Å². The number of ether oxygens (including phenoxy) is 1. The molecule has 4 rings (SSSR count). The van der Waals surface area contributed by atoms with Crippen LogP contribution in [0.1, 0.15) is 29.7 Å². The second kappa shape index (κ2) is 9.40. The number of halogens is 1. The van der Waals surface area contributed by atoms with Crippen molar-refractivity contribution in [2.45, 2.75) is 26.2 Å². The maximum Gasteiger partial charge on any atom is 0.249 e. The highest BCUT2D eigenvalue weighted by Gasteiger charge is 2.23. The van der Waals surface area contributed by atoms with Gasteiger partial charge in [0.1, 0.15) is 11.6 Å². The van der Waals surface area contributed by atoms with Crippen LogP contribution < -0.4 is 4.74 Å². The molecular weight excluding hydrogens is 410 g/mol. The molecule has 31 heavy (non-hydrogen) atoms. The van der Waals surface area contributed by atoms with E-state index in [0.717, 1.165) is 64.8 Å². The Bertz CT molecular complexity index is 1100. The summed E-state index contributed by atoms with van der Waals surface area (Å²) in [5.74, 6) is 1.62. The van der Waals surface area contributed by atoms with Crippen LogP contribution in [0, 0.1) is 6.92 Å². The van der Waals surface area contributed by atoms with Gasteiger partial charge in [-0.3, -0.25) is 4.79 Å². The summed E-state index contributed by atoms with van der Waals surface area (Å²) in [6.07, 6.45) is 6.36. The fourth-order valence-electron chi connectivity index (χ4n) is 3.88. The summed E-state index contributed by atoms with van der Waals surface area (Å²) in [6.45, 7) is 3.47. The Hall–Kier alpha value is -3.05. The Labute approximate surface area is 187 Å². The van der Waals surface area contributed by atoms with Crippen molar-refractivity contribution in [1.82, 2.24) is 14.9 Å². The lowest BCUT2D eigenvalue weighted by atomic mass is 9.99. The van der Waals surface area contributed by atoms with Crippen molar-refractivity contribution in [3.8, 4) is 17.1 Å². The Morgan fingerprint density at radius 2 is 2.03 bits per heavy atom. The number of aromatic amines is 1. The zero-order valence-electron chi connectivity index (χ0n) is 17.8. The smallest absolute Gasteiger partial charge is 0.249 e. The van der Waals surface area contributed by atoms with Crippen LogP contribution >= 0.6 is 11.6 Å². The topological polar surface area (TPSA) is 58.2 Å². The van der Waals surface area contributed by atoms with Crippen LogP contribution in [0.2, 0.25) is 5.02 Å². The van der Waals surface area contributed by atoms with Crippen LogP contribution in [-0.2, 0) is 11.2 Å². The minimum Gasteiger partial charge on any atom is -0.496 e. The van der Waals surface area contributed by atoms with Crippen LogP contribution in [0.3, 0.4) is 0 Å². The third-order valence-electron chi connectivity index (χ3n) is 5.54. The number of H-pyrrole nitrogens is 1. The molecule has 1 aromatic heterocycles. The molecule has 0 bridgehead atoms. The summed E-state index contributed by atoms with van der Waals surface area (Å²) in [7, 11) is 1.65. The van der Waals surface area contributed by atoms with Gasteiger partial charge in [0.2, 0.25) is 5.91 Å². The highest BCUT2D eigenvalue weighted by Crippen LogP contribution is 2.30. The van der Waals surface area contributed by atoms with E-state index in [0.29, 0.717) is 6.54 Å². The molecule has 0 unspecified atom stereocenters. The number of imidazole rings is 1. The number of aryl methyl sites for hydroxylation is 1. The first-order valence-corrected chi connectivity index (χ1v) is 10.9. The Morgan fingerprint density at radius 3 is 2.74 bits per heavy atom. The fourth-order valence-corrected chi connectivity index (χ4v) is 4.00. The molecule has 0 aliphatic carbocycles. The van der Waals surface area contributed by atoms with Crippen molar-refractivity contribution in [3.63, 3.8) is 0 Å². The van der Waals surface area contributed by atoms with Gasteiger partial charge < -0.3 is 14.6 Å². The van der Waals surface area contributed by atoms with Crippen molar-refractivity contribution < 1.29 is 9.53 Å². The fraction of sp³-hybridized carbons (Fsp3) is 0.280. The van der Waals surface area contributed by atoms with Crippen LogP contribution in [0.5, 0.6) is 5.75 Å². The molecule has 2 aromatic carbocycles. The lowest BCUT2D eigenvalue weighted by Crippen LogP contribution is -2.38. The number of benzene rings is 2. The third kappa shape index (κ3) is 5.00. The number of hydrogen-bond donors (Lipinski definition) is 1. The summed E-state index contributed by atoms with van der Waals surface area (Å²) < 4.78 is 5.59. The number of methoxy groups -OCH3 is 1. The van der Waals surface area contributed by atoms with E-state index in [1.807, 2.05) is 60.4 Å². The van der Waals surface area contributed by atoms with Crippen LogP contribution in [0.25, 0.3) is 17.5 Å². The van der Waals surface area contributed by atoms with E-state index in [9.17, 15) is 4.79 Å². The molecule has 1 aliphatic rings. The molecule has 0 spiro atoms. The molecule has 1 saturated heterocycles. The predicted molar refractivity (Wildman–Crippen MR) is 124 cm³/mol. The monoisotopic (exact) mass is 435 g/mol. The second-order valence-corrected chi connectivity index (χ2v) is 8.25. The summed E-state index contributed by atoms with van der Waals surface area (Å²) in [4.78, 5) is 22.6. The lowest BCUT2D eigenvalue weighted by molar-refractivity contribution is -0.128. The van der Waals surface area contributed by atoms with E-state index in [-0.39, 0.29) is 5.91 Å². The van der Waals surface area contributed by atoms with Gasteiger partial charge in [-0.15, -0.1) is 0 Å². The summed E-state index contributed by atoms with van der Waals surface area (Å²) in [5.41, 5.74) is 4.87. The molecule has 1 amide bonds. The first-order valence-electron chi connectivity index (χ1n) is 10.5. The third-order valence-corrected chi connectivity index (χ3v) is 5.80. The second-order valence-electron chi connectivity index (χ2n) is 7.82. The van der Waals surface area contributed by atoms with Crippen molar-refractivity contribution in [1.29, 1.82) is 0 Å². The van der Waals surface area contributed by atoms with E-state index >= 15 is 0 Å². The number of rotatable bonds is 6. The number of aromatic nitrogens is 2. The van der Waals surface area contributed by atoms with Gasteiger partial charge in [-0.25, -0.2) is 4.98 Å². The quantitative estimate of drug-likeness (QED) is 0.535. The first kappa shape index (κ1) is 21.2. The van der Waals surface area contributed by atoms with Gasteiger partial charge in [-0.1, -0.05) is 29.8 Å². The number of piperidine rings is 1. The largest absolute Gasteiger partial charge is 0.496 e. The predicted octanol–water partition coefficient (Wildman–Crippen LogP) is 5.30. The molecule has 1 N–H and O–H groups in total. The van der Waals surface area contributed by atoms with Crippen molar-refractivity contribution in [2.24, 2.45) is 0 Å². The average molecular weight is 436 g/mol. The molecule has 0 saturated carbocycles. The van der Waals surface area contributed by atoms with Gasteiger partial charge in [0.25, 0.3) is 0 Å². The molecule has 2 heterocycles. The molecule has 160 valence electrons. The zero-order valence-corrected chi connectivity index (χ0v) is 18.6. The molecule has 0 atom stereocenters. The van der Waals surface area contributed by atoms with Gasteiger partial charge in [0, 0.05) is 35.6 Å². The Morgan fingerprint density at radius 1 is 1.23 bits per heavy atom. The van der Waals surface area contributed by atoms with E-state index in [1.54, 1.807) is 13.3 Å². The number of carbonyl (C=O) groups excluding carboxylic acids is 1. The molecular formula is C25H26ClN3O2. The lowest BCUT2D eigenvalue weighted by Gasteiger charge is -2.28. The maximum absolute atomic E-state index is 13.0. The molecule has 1 aliphatic heterocycles. The zero-order chi connectivity index (χ0) is 21.8. The standard InChI is InChI=1S/C25H26ClN3O2/c1-17-16-27-24(28-17)22-10-7-19(15-23(22)31-2)14-20-4-3-12-29(25(20)30)13-11-18-5-8-21(26)9-6-18/h5-10,14-16H,3-4,11-13H2,1-2H3,(H,27,28). The number of nitrogens with one attached hydrogen (secondary N) is 1. The highest BCUT2D eigenvalue weighted by atomic mass is 35.5. The highest BCUT2D eigenvalue weighted by molar-refractivity contribution is 6.30. The van der Waals surface area contributed by atoms with Gasteiger partial charge in [-0.2, -0.15) is 0 Å². The minimum atomic E-state index is 0.116. The number of nitrogens with zero attached hydrogens (tertiary/aromatic N) is 2. The maximum atomic E-state index is 13.0. The Balaban J connectivity index is 1.49. The van der Waals surface area contributed by atoms with Crippen molar-refractivity contribution in [3.05, 3.63) is 76.1 Å². The molecule has 6 heteroatoms. The SMILES string of the molecule is COc1cc(C=C2CCCN(CCc3ccc(Cl)cc3)C2=O)ccc1-c1ncc(C)[nH]1. The normalized spacial score (nSPS) is 15.5. The number of amides is 1. The summed E-state index contributed by atoms with van der Waals surface area (Å²) in [6, 6.07) is 13.8. The van der Waals surface area contributed by atoms with E-state index in [4.69, 9.17) is 16.3 Å². The molecule has 3 aromatic rings. The Kier molecular flexibility index (Phi) is 6.42. The van der Waals surface area contributed by atoms with Gasteiger partial charge >= 0.3 is 0 Å². The van der Waals surface area contributed by atoms with Crippen LogP contribution in [0.15, 0.2) is 54.2 Å². The first-order chi connectivity index (χ1) is 15.0. The summed E-state index contributed by atoms with van der Waals surface area (Å²) >= 11 is 5.96. The van der Waals surface area contributed by atoms with Crippen LogP contribution in [0.4, 0.5) is 0 Å². The molecule has 0 radical (unpaired) electrons. The molecule has 5 nitrogen and oxygen atoms in total. The van der Waals surface area contributed by atoms with E-state index in [1.165, 1.54) is 5.56 Å². The van der Waals surface area contributed by atoms with E-state index < -0.39 is 0 Å². The minimum absolute atomic E-state index is 0.116. The van der Waals surface area contributed by atoms with Crippen LogP contribution in [-0.4, -0.2) is 41.0 Å². The number of hydrogen-bond acceptors (Lipinski definition) is 3. The van der Waals surface area contributed by atoms with Crippen molar-refractivity contribution >= 4 is 23.6 Å². The number of likely N-dealkylation sites (tertiary alicyclic amines) is 1.